The molecule has 0 amide bonds. The Morgan fingerprint density at radius 3 is 3.10 bits per heavy atom. The van der Waals surface area contributed by atoms with E-state index in [2.05, 4.69) is 27.6 Å². The summed E-state index contributed by atoms with van der Waals surface area (Å²) in [6.07, 6.45) is 5.16. The Labute approximate surface area is 119 Å². The molecule has 1 unspecified atom stereocenters. The highest BCUT2D eigenvalue weighted by Crippen LogP contribution is 2.35. The molecule has 0 saturated heterocycles. The Bertz CT molecular complexity index is 593. The predicted molar refractivity (Wildman–Crippen MR) is 76.5 cm³/mol. The van der Waals surface area contributed by atoms with Gasteiger partial charge in [0.05, 0.1) is 0 Å². The summed E-state index contributed by atoms with van der Waals surface area (Å²) in [6.45, 7) is 0.456. The summed E-state index contributed by atoms with van der Waals surface area (Å²) in [4.78, 5) is 0. The van der Waals surface area contributed by atoms with Gasteiger partial charge in [0.15, 0.2) is 5.82 Å². The first-order chi connectivity index (χ1) is 9.79. The molecule has 0 fully saturated rings. The molecule has 20 heavy (non-hydrogen) atoms. The van der Waals surface area contributed by atoms with Gasteiger partial charge in [0, 0.05) is 13.1 Å². The van der Waals surface area contributed by atoms with Crippen molar-refractivity contribution >= 4 is 0 Å². The molecule has 1 aliphatic rings. The molecular formula is C15H20N4O. The van der Waals surface area contributed by atoms with E-state index in [1.807, 2.05) is 24.7 Å². The maximum absolute atomic E-state index is 5.97. The van der Waals surface area contributed by atoms with Crippen LogP contribution in [0.1, 0.15) is 35.8 Å². The summed E-state index contributed by atoms with van der Waals surface area (Å²) in [5, 5.41) is 11.3. The van der Waals surface area contributed by atoms with E-state index in [1.165, 1.54) is 24.0 Å². The lowest BCUT2D eigenvalue weighted by atomic mass is 9.87. The Morgan fingerprint density at radius 2 is 2.35 bits per heavy atom. The van der Waals surface area contributed by atoms with Crippen molar-refractivity contribution in [3.05, 3.63) is 41.5 Å². The summed E-state index contributed by atoms with van der Waals surface area (Å²) in [5.41, 5.74) is 2.70. The van der Waals surface area contributed by atoms with Crippen molar-refractivity contribution in [1.82, 2.24) is 20.1 Å². The number of benzene rings is 1. The van der Waals surface area contributed by atoms with Crippen molar-refractivity contribution in [3.63, 3.8) is 0 Å². The van der Waals surface area contributed by atoms with Gasteiger partial charge in [0.1, 0.15) is 18.7 Å². The highest BCUT2D eigenvalue weighted by molar-refractivity contribution is 5.43. The maximum Gasteiger partial charge on any atom is 0.170 e. The molecule has 5 heteroatoms. The van der Waals surface area contributed by atoms with Gasteiger partial charge in [-0.3, -0.25) is 0 Å². The van der Waals surface area contributed by atoms with Gasteiger partial charge in [0.2, 0.25) is 0 Å². The Hall–Kier alpha value is -1.88. The molecule has 3 rings (SSSR count). The molecular weight excluding hydrogens is 252 g/mol. The van der Waals surface area contributed by atoms with Crippen LogP contribution in [0.5, 0.6) is 5.75 Å². The van der Waals surface area contributed by atoms with Crippen molar-refractivity contribution in [2.24, 2.45) is 7.05 Å². The van der Waals surface area contributed by atoms with Crippen LogP contribution in [-0.2, 0) is 20.1 Å². The molecule has 0 aliphatic heterocycles. The number of rotatable bonds is 4. The molecule has 1 aliphatic carbocycles. The molecule has 5 nitrogen and oxygen atoms in total. The average molecular weight is 272 g/mol. The Morgan fingerprint density at radius 1 is 1.45 bits per heavy atom. The lowest BCUT2D eigenvalue weighted by Gasteiger charge is -2.26. The highest BCUT2D eigenvalue weighted by Gasteiger charge is 2.21. The van der Waals surface area contributed by atoms with Crippen molar-refractivity contribution < 1.29 is 4.74 Å². The van der Waals surface area contributed by atoms with Gasteiger partial charge in [-0.05, 0) is 43.5 Å². The van der Waals surface area contributed by atoms with E-state index in [-0.39, 0.29) is 0 Å². The fourth-order valence-corrected chi connectivity index (χ4v) is 2.83. The van der Waals surface area contributed by atoms with Gasteiger partial charge in [-0.2, -0.15) is 0 Å². The Kier molecular flexibility index (Phi) is 3.69. The van der Waals surface area contributed by atoms with E-state index in [4.69, 9.17) is 4.74 Å². The second-order valence-electron chi connectivity index (χ2n) is 5.20. The minimum Gasteiger partial charge on any atom is -0.485 e. The number of hydrogen-bond donors (Lipinski definition) is 1. The van der Waals surface area contributed by atoms with Crippen LogP contribution in [0.2, 0.25) is 0 Å². The van der Waals surface area contributed by atoms with Crippen molar-refractivity contribution in [1.29, 1.82) is 0 Å². The summed E-state index contributed by atoms with van der Waals surface area (Å²) in [7, 11) is 3.95. The van der Waals surface area contributed by atoms with Crippen molar-refractivity contribution in [2.45, 2.75) is 31.9 Å². The SMILES string of the molecule is CNC1CCCc2c(OCc3nncn3C)cccc21. The maximum atomic E-state index is 5.97. The van der Waals surface area contributed by atoms with Crippen LogP contribution in [-0.4, -0.2) is 21.8 Å². The molecule has 1 atom stereocenters. The van der Waals surface area contributed by atoms with Crippen molar-refractivity contribution in [3.8, 4) is 5.75 Å². The summed E-state index contributed by atoms with van der Waals surface area (Å²) in [6, 6.07) is 6.76. The van der Waals surface area contributed by atoms with E-state index in [9.17, 15) is 0 Å². The fraction of sp³-hybridized carbons (Fsp3) is 0.467. The van der Waals surface area contributed by atoms with E-state index in [1.54, 1.807) is 6.33 Å². The van der Waals surface area contributed by atoms with Crippen LogP contribution in [0.25, 0.3) is 0 Å². The van der Waals surface area contributed by atoms with E-state index in [0.717, 1.165) is 18.0 Å². The third-order valence-electron chi connectivity index (χ3n) is 3.97. The zero-order valence-corrected chi connectivity index (χ0v) is 12.0. The van der Waals surface area contributed by atoms with Crippen molar-refractivity contribution in [2.75, 3.05) is 7.05 Å². The molecule has 1 aromatic carbocycles. The number of hydrogen-bond acceptors (Lipinski definition) is 4. The molecule has 106 valence electrons. The molecule has 0 bridgehead atoms. The van der Waals surface area contributed by atoms with Crippen LogP contribution in [0.4, 0.5) is 0 Å². The number of ether oxygens (including phenoxy) is 1. The standard InChI is InChI=1S/C15H20N4O/c1-16-13-7-3-6-12-11(13)5-4-8-14(12)20-9-15-18-17-10-19(15)2/h4-5,8,10,13,16H,3,6-7,9H2,1-2H3. The summed E-state index contributed by atoms with van der Waals surface area (Å²) < 4.78 is 7.85. The third-order valence-corrected chi connectivity index (χ3v) is 3.97. The van der Waals surface area contributed by atoms with Gasteiger partial charge in [-0.1, -0.05) is 12.1 Å². The molecule has 0 spiro atoms. The zero-order valence-electron chi connectivity index (χ0n) is 12.0. The lowest BCUT2D eigenvalue weighted by Crippen LogP contribution is -2.22. The predicted octanol–water partition coefficient (Wildman–Crippen LogP) is 1.99. The zero-order chi connectivity index (χ0) is 13.9. The van der Waals surface area contributed by atoms with Crippen LogP contribution in [0.15, 0.2) is 24.5 Å². The van der Waals surface area contributed by atoms with Crippen LogP contribution in [0.3, 0.4) is 0 Å². The van der Waals surface area contributed by atoms with Gasteiger partial charge in [-0.15, -0.1) is 10.2 Å². The molecule has 1 heterocycles. The number of nitrogens with zero attached hydrogens (tertiary/aromatic N) is 3. The number of nitrogens with one attached hydrogen (secondary N) is 1. The summed E-state index contributed by atoms with van der Waals surface area (Å²) >= 11 is 0. The van der Waals surface area contributed by atoms with Crippen LogP contribution in [0, 0.1) is 0 Å². The van der Waals surface area contributed by atoms with E-state index >= 15 is 0 Å². The third kappa shape index (κ3) is 2.41. The first-order valence-electron chi connectivity index (χ1n) is 7.04. The second kappa shape index (κ2) is 5.63. The largest absolute Gasteiger partial charge is 0.485 e. The smallest absolute Gasteiger partial charge is 0.170 e. The fourth-order valence-electron chi connectivity index (χ4n) is 2.83. The first-order valence-corrected chi connectivity index (χ1v) is 7.04. The first kappa shape index (κ1) is 13.1. The quantitative estimate of drug-likeness (QED) is 0.925. The molecule has 0 saturated carbocycles. The van der Waals surface area contributed by atoms with Gasteiger partial charge in [0.25, 0.3) is 0 Å². The minimum absolute atomic E-state index is 0.442. The van der Waals surface area contributed by atoms with Gasteiger partial charge in [-0.25, -0.2) is 0 Å². The average Bonchev–Trinajstić information content (AvgIpc) is 2.89. The topological polar surface area (TPSA) is 52.0 Å². The van der Waals surface area contributed by atoms with Gasteiger partial charge < -0.3 is 14.6 Å². The molecule has 1 N–H and O–H groups in total. The molecule has 0 radical (unpaired) electrons. The van der Waals surface area contributed by atoms with Gasteiger partial charge >= 0.3 is 0 Å². The molecule has 2 aromatic rings. The highest BCUT2D eigenvalue weighted by atomic mass is 16.5. The Balaban J connectivity index is 1.82. The van der Waals surface area contributed by atoms with Crippen LogP contribution >= 0.6 is 0 Å². The number of fused-ring (bicyclic) bond motifs is 1. The molecule has 1 aromatic heterocycles. The minimum atomic E-state index is 0.442. The van der Waals surface area contributed by atoms with Crippen LogP contribution < -0.4 is 10.1 Å². The monoisotopic (exact) mass is 272 g/mol. The summed E-state index contributed by atoms with van der Waals surface area (Å²) in [5.74, 6) is 1.81. The normalized spacial score (nSPS) is 17.8. The second-order valence-corrected chi connectivity index (χ2v) is 5.20. The number of aryl methyl sites for hydroxylation is 1. The van der Waals surface area contributed by atoms with E-state index < -0.39 is 0 Å². The van der Waals surface area contributed by atoms with E-state index in [0.29, 0.717) is 12.6 Å². The lowest BCUT2D eigenvalue weighted by molar-refractivity contribution is 0.285. The number of aromatic nitrogens is 3.